The maximum absolute atomic E-state index is 12.0. The zero-order chi connectivity index (χ0) is 14.8. The molecule has 2 N–H and O–H groups in total. The van der Waals surface area contributed by atoms with Crippen LogP contribution in [0.15, 0.2) is 18.2 Å². The molecule has 0 saturated carbocycles. The number of aliphatic hydroxyl groups is 1. The first-order valence-electron chi connectivity index (χ1n) is 6.74. The number of nitrogens with one attached hydrogen (secondary N) is 1. The molecule has 0 unspecified atom stereocenters. The minimum atomic E-state index is -0.126. The van der Waals surface area contributed by atoms with Gasteiger partial charge in [-0.05, 0) is 37.6 Å². The Balaban J connectivity index is 2.70. The average molecular weight is 275 g/mol. The molecule has 0 bridgehead atoms. The molecule has 0 atom stereocenters. The molecule has 0 aliphatic rings. The standard InChI is InChI=1S/C16H21NO3/c1-3-20-9-7-17-16(19)15-11-13(2)10-14(12-15)6-4-5-8-18/h10-12,18H,3,5,7-9H2,1-2H3,(H,17,19). The fraction of sp³-hybridized carbons (Fsp3) is 0.438. The van der Waals surface area contributed by atoms with Gasteiger partial charge in [0, 0.05) is 30.7 Å². The fourth-order valence-corrected chi connectivity index (χ4v) is 1.69. The van der Waals surface area contributed by atoms with Crippen LogP contribution in [0.2, 0.25) is 0 Å². The molecule has 1 aromatic rings. The third kappa shape index (κ3) is 5.87. The molecular formula is C16H21NO3. The summed E-state index contributed by atoms with van der Waals surface area (Å²) < 4.78 is 5.17. The minimum absolute atomic E-state index is 0.0452. The van der Waals surface area contributed by atoms with Gasteiger partial charge in [0.2, 0.25) is 0 Å². The predicted molar refractivity (Wildman–Crippen MR) is 78.6 cm³/mol. The molecule has 0 saturated heterocycles. The van der Waals surface area contributed by atoms with Crippen molar-refractivity contribution in [1.82, 2.24) is 5.32 Å². The maximum Gasteiger partial charge on any atom is 0.251 e. The van der Waals surface area contributed by atoms with Gasteiger partial charge in [-0.2, -0.15) is 0 Å². The Bertz CT molecular complexity index is 500. The summed E-state index contributed by atoms with van der Waals surface area (Å²) >= 11 is 0. The van der Waals surface area contributed by atoms with Crippen molar-refractivity contribution in [3.05, 3.63) is 34.9 Å². The Hall–Kier alpha value is -1.83. The summed E-state index contributed by atoms with van der Waals surface area (Å²) in [5.74, 6) is 5.67. The normalized spacial score (nSPS) is 9.75. The molecule has 108 valence electrons. The lowest BCUT2D eigenvalue weighted by Crippen LogP contribution is -2.27. The lowest BCUT2D eigenvalue weighted by atomic mass is 10.1. The molecule has 1 rings (SSSR count). The molecule has 1 amide bonds. The van der Waals surface area contributed by atoms with Crippen LogP contribution in [0.5, 0.6) is 0 Å². The van der Waals surface area contributed by atoms with Gasteiger partial charge >= 0.3 is 0 Å². The van der Waals surface area contributed by atoms with Gasteiger partial charge in [0.05, 0.1) is 13.2 Å². The van der Waals surface area contributed by atoms with E-state index in [1.54, 1.807) is 6.07 Å². The summed E-state index contributed by atoms with van der Waals surface area (Å²) in [6.07, 6.45) is 0.434. The summed E-state index contributed by atoms with van der Waals surface area (Å²) in [7, 11) is 0. The van der Waals surface area contributed by atoms with Crippen LogP contribution in [0.3, 0.4) is 0 Å². The third-order valence-corrected chi connectivity index (χ3v) is 2.55. The highest BCUT2D eigenvalue weighted by molar-refractivity contribution is 5.94. The average Bonchev–Trinajstić information content (AvgIpc) is 2.43. The molecule has 0 aromatic heterocycles. The molecule has 4 nitrogen and oxygen atoms in total. The monoisotopic (exact) mass is 275 g/mol. The Morgan fingerprint density at radius 2 is 2.20 bits per heavy atom. The summed E-state index contributed by atoms with van der Waals surface area (Å²) in [4.78, 5) is 12.0. The lowest BCUT2D eigenvalue weighted by Gasteiger charge is -2.06. The molecule has 0 aliphatic carbocycles. The number of ether oxygens (including phenoxy) is 1. The number of carbonyl (C=O) groups excluding carboxylic acids is 1. The second-order valence-electron chi connectivity index (χ2n) is 4.32. The number of hydrogen-bond acceptors (Lipinski definition) is 3. The lowest BCUT2D eigenvalue weighted by molar-refractivity contribution is 0.0922. The van der Waals surface area contributed by atoms with Crippen LogP contribution in [-0.2, 0) is 4.74 Å². The Labute approximate surface area is 120 Å². The quantitative estimate of drug-likeness (QED) is 0.611. The smallest absolute Gasteiger partial charge is 0.251 e. The number of amides is 1. The minimum Gasteiger partial charge on any atom is -0.395 e. The molecule has 1 aromatic carbocycles. The van der Waals surface area contributed by atoms with E-state index in [4.69, 9.17) is 9.84 Å². The zero-order valence-corrected chi connectivity index (χ0v) is 12.0. The molecule has 20 heavy (non-hydrogen) atoms. The molecular weight excluding hydrogens is 254 g/mol. The van der Waals surface area contributed by atoms with E-state index in [9.17, 15) is 4.79 Å². The first-order valence-corrected chi connectivity index (χ1v) is 6.74. The van der Waals surface area contributed by atoms with E-state index in [1.165, 1.54) is 0 Å². The van der Waals surface area contributed by atoms with Crippen LogP contribution in [0.1, 0.15) is 34.8 Å². The first-order chi connectivity index (χ1) is 9.67. The van der Waals surface area contributed by atoms with Crippen molar-refractivity contribution in [3.63, 3.8) is 0 Å². The van der Waals surface area contributed by atoms with Crippen molar-refractivity contribution in [2.45, 2.75) is 20.3 Å². The van der Waals surface area contributed by atoms with Crippen LogP contribution in [0.25, 0.3) is 0 Å². The predicted octanol–water partition coefficient (Wildman–Crippen LogP) is 1.50. The fourth-order valence-electron chi connectivity index (χ4n) is 1.69. The van der Waals surface area contributed by atoms with Crippen molar-refractivity contribution < 1.29 is 14.6 Å². The zero-order valence-electron chi connectivity index (χ0n) is 12.0. The molecule has 0 radical (unpaired) electrons. The van der Waals surface area contributed by atoms with Crippen molar-refractivity contribution in [2.75, 3.05) is 26.4 Å². The van der Waals surface area contributed by atoms with Gasteiger partial charge in [-0.3, -0.25) is 4.79 Å². The molecule has 0 fully saturated rings. The van der Waals surface area contributed by atoms with E-state index in [-0.39, 0.29) is 12.5 Å². The van der Waals surface area contributed by atoms with Crippen LogP contribution in [0.4, 0.5) is 0 Å². The number of hydrogen-bond donors (Lipinski definition) is 2. The Morgan fingerprint density at radius 1 is 1.40 bits per heavy atom. The summed E-state index contributed by atoms with van der Waals surface area (Å²) in [6, 6.07) is 5.50. The summed E-state index contributed by atoms with van der Waals surface area (Å²) in [5, 5.41) is 11.5. The Morgan fingerprint density at radius 3 is 2.90 bits per heavy atom. The van der Waals surface area contributed by atoms with Crippen molar-refractivity contribution in [1.29, 1.82) is 0 Å². The number of aliphatic hydroxyl groups excluding tert-OH is 1. The van der Waals surface area contributed by atoms with Gasteiger partial charge in [0.25, 0.3) is 5.91 Å². The van der Waals surface area contributed by atoms with Gasteiger partial charge < -0.3 is 15.2 Å². The van der Waals surface area contributed by atoms with Crippen molar-refractivity contribution in [2.24, 2.45) is 0 Å². The van der Waals surface area contributed by atoms with Crippen molar-refractivity contribution in [3.8, 4) is 11.8 Å². The van der Waals surface area contributed by atoms with E-state index >= 15 is 0 Å². The number of rotatable bonds is 6. The SMILES string of the molecule is CCOCCNC(=O)c1cc(C)cc(C#CCCO)c1. The first kappa shape index (κ1) is 16.2. The van der Waals surface area contributed by atoms with E-state index in [2.05, 4.69) is 17.2 Å². The van der Waals surface area contributed by atoms with Crippen LogP contribution in [-0.4, -0.2) is 37.4 Å². The van der Waals surface area contributed by atoms with Crippen LogP contribution < -0.4 is 5.32 Å². The summed E-state index contributed by atoms with van der Waals surface area (Å²) in [5.41, 5.74) is 2.36. The maximum atomic E-state index is 12.0. The number of benzene rings is 1. The highest BCUT2D eigenvalue weighted by atomic mass is 16.5. The van der Waals surface area contributed by atoms with Gasteiger partial charge in [-0.25, -0.2) is 0 Å². The molecule has 0 aliphatic heterocycles. The molecule has 0 spiro atoms. The van der Waals surface area contributed by atoms with Gasteiger partial charge in [0.15, 0.2) is 0 Å². The third-order valence-electron chi connectivity index (χ3n) is 2.55. The van der Waals surface area contributed by atoms with Gasteiger partial charge in [-0.1, -0.05) is 11.8 Å². The highest BCUT2D eigenvalue weighted by Crippen LogP contribution is 2.09. The highest BCUT2D eigenvalue weighted by Gasteiger charge is 2.06. The van der Waals surface area contributed by atoms with Gasteiger partial charge in [-0.15, -0.1) is 0 Å². The van der Waals surface area contributed by atoms with E-state index in [0.29, 0.717) is 31.7 Å². The Kier molecular flexibility index (Phi) is 7.41. The van der Waals surface area contributed by atoms with E-state index in [0.717, 1.165) is 11.1 Å². The molecule has 0 heterocycles. The largest absolute Gasteiger partial charge is 0.395 e. The second kappa shape index (κ2) is 9.13. The van der Waals surface area contributed by atoms with Crippen LogP contribution in [0, 0.1) is 18.8 Å². The van der Waals surface area contributed by atoms with Gasteiger partial charge in [0.1, 0.15) is 0 Å². The second-order valence-corrected chi connectivity index (χ2v) is 4.32. The number of carbonyl (C=O) groups is 1. The van der Waals surface area contributed by atoms with E-state index < -0.39 is 0 Å². The molecule has 4 heteroatoms. The summed E-state index contributed by atoms with van der Waals surface area (Å²) in [6.45, 7) is 5.53. The van der Waals surface area contributed by atoms with Crippen molar-refractivity contribution >= 4 is 5.91 Å². The van der Waals surface area contributed by atoms with Crippen LogP contribution >= 0.6 is 0 Å². The number of aryl methyl sites for hydroxylation is 1. The van der Waals surface area contributed by atoms with E-state index in [1.807, 2.05) is 26.0 Å². The topological polar surface area (TPSA) is 58.6 Å².